The van der Waals surface area contributed by atoms with Crippen molar-refractivity contribution in [1.82, 2.24) is 15.1 Å². The second kappa shape index (κ2) is 7.29. The molecule has 0 amide bonds. The number of aromatic amines is 1. The molecule has 23 heavy (non-hydrogen) atoms. The standard InChI is InChI=1S/C17H25N3O3/c1-12-17(13(2)19-18-12)16-6-3-7-20(16)9-14(21)10-22-11-15-5-4-8-23-15/h4-5,8,14,16,21H,3,6-7,9-11H2,1-2H3,(H,18,19). The van der Waals surface area contributed by atoms with Crippen molar-refractivity contribution in [3.63, 3.8) is 0 Å². The highest BCUT2D eigenvalue weighted by Gasteiger charge is 2.30. The summed E-state index contributed by atoms with van der Waals surface area (Å²) in [6.45, 7) is 6.44. The van der Waals surface area contributed by atoms with Crippen LogP contribution in [0.3, 0.4) is 0 Å². The van der Waals surface area contributed by atoms with Crippen LogP contribution in [-0.2, 0) is 11.3 Å². The van der Waals surface area contributed by atoms with Gasteiger partial charge in [0.25, 0.3) is 0 Å². The Balaban J connectivity index is 1.52. The predicted molar refractivity (Wildman–Crippen MR) is 86.0 cm³/mol. The summed E-state index contributed by atoms with van der Waals surface area (Å²) in [7, 11) is 0. The fourth-order valence-corrected chi connectivity index (χ4v) is 3.44. The van der Waals surface area contributed by atoms with Crippen LogP contribution in [0.1, 0.15) is 41.6 Å². The molecule has 2 aromatic heterocycles. The van der Waals surface area contributed by atoms with Crippen LogP contribution in [0.25, 0.3) is 0 Å². The average Bonchev–Trinajstić information content (AvgIpc) is 3.23. The quantitative estimate of drug-likeness (QED) is 0.819. The number of aryl methyl sites for hydroxylation is 2. The molecule has 2 unspecified atom stereocenters. The van der Waals surface area contributed by atoms with Crippen molar-refractivity contribution in [2.75, 3.05) is 19.7 Å². The van der Waals surface area contributed by atoms with Crippen molar-refractivity contribution >= 4 is 0 Å². The van der Waals surface area contributed by atoms with Gasteiger partial charge in [0.15, 0.2) is 0 Å². The molecule has 6 heteroatoms. The van der Waals surface area contributed by atoms with Crippen LogP contribution in [0.4, 0.5) is 0 Å². The van der Waals surface area contributed by atoms with Gasteiger partial charge in [0, 0.05) is 23.8 Å². The number of aliphatic hydroxyl groups excluding tert-OH is 1. The number of β-amino-alcohol motifs (C(OH)–C–C–N with tert-alkyl or cyclic N) is 1. The maximum Gasteiger partial charge on any atom is 0.129 e. The molecule has 0 bridgehead atoms. The molecule has 2 aromatic rings. The van der Waals surface area contributed by atoms with Gasteiger partial charge in [-0.3, -0.25) is 10.00 Å². The number of nitrogens with zero attached hydrogens (tertiary/aromatic N) is 2. The van der Waals surface area contributed by atoms with Gasteiger partial charge in [-0.15, -0.1) is 0 Å². The number of hydrogen-bond donors (Lipinski definition) is 2. The number of likely N-dealkylation sites (tertiary alicyclic amines) is 1. The lowest BCUT2D eigenvalue weighted by atomic mass is 10.0. The molecule has 2 atom stereocenters. The normalized spacial score (nSPS) is 20.2. The Hall–Kier alpha value is -1.63. The van der Waals surface area contributed by atoms with E-state index in [4.69, 9.17) is 9.15 Å². The number of aromatic nitrogens is 2. The third-order valence-electron chi connectivity index (χ3n) is 4.46. The molecular weight excluding hydrogens is 294 g/mol. The van der Waals surface area contributed by atoms with E-state index in [1.807, 2.05) is 19.1 Å². The summed E-state index contributed by atoms with van der Waals surface area (Å²) in [5.74, 6) is 0.779. The SMILES string of the molecule is Cc1n[nH]c(C)c1C1CCCN1CC(O)COCc1ccco1. The van der Waals surface area contributed by atoms with Crippen LogP contribution in [0, 0.1) is 13.8 Å². The van der Waals surface area contributed by atoms with Gasteiger partial charge >= 0.3 is 0 Å². The zero-order chi connectivity index (χ0) is 16.2. The number of H-pyrrole nitrogens is 1. The molecule has 1 fully saturated rings. The third-order valence-corrected chi connectivity index (χ3v) is 4.46. The van der Waals surface area contributed by atoms with Gasteiger partial charge in [-0.05, 0) is 45.4 Å². The molecule has 0 spiro atoms. The largest absolute Gasteiger partial charge is 0.467 e. The molecular formula is C17H25N3O3. The molecule has 1 aliphatic heterocycles. The van der Waals surface area contributed by atoms with E-state index in [2.05, 4.69) is 22.0 Å². The lowest BCUT2D eigenvalue weighted by molar-refractivity contribution is 0.00302. The average molecular weight is 319 g/mol. The van der Waals surface area contributed by atoms with Crippen molar-refractivity contribution in [3.05, 3.63) is 41.1 Å². The molecule has 1 saturated heterocycles. The zero-order valence-corrected chi connectivity index (χ0v) is 13.8. The first kappa shape index (κ1) is 16.2. The molecule has 3 heterocycles. The second-order valence-electron chi connectivity index (χ2n) is 6.25. The molecule has 0 radical (unpaired) electrons. The van der Waals surface area contributed by atoms with Crippen molar-refractivity contribution in [2.45, 2.75) is 45.4 Å². The summed E-state index contributed by atoms with van der Waals surface area (Å²) >= 11 is 0. The lowest BCUT2D eigenvalue weighted by Crippen LogP contribution is -2.34. The van der Waals surface area contributed by atoms with Crippen LogP contribution < -0.4 is 0 Å². The van der Waals surface area contributed by atoms with E-state index >= 15 is 0 Å². The Bertz CT molecular complexity index is 589. The number of hydrogen-bond acceptors (Lipinski definition) is 5. The monoisotopic (exact) mass is 319 g/mol. The number of furan rings is 1. The maximum absolute atomic E-state index is 10.3. The van der Waals surface area contributed by atoms with Gasteiger partial charge in [-0.1, -0.05) is 0 Å². The smallest absolute Gasteiger partial charge is 0.129 e. The Kier molecular flexibility index (Phi) is 5.15. The minimum atomic E-state index is -0.502. The highest BCUT2D eigenvalue weighted by atomic mass is 16.5. The van der Waals surface area contributed by atoms with E-state index in [9.17, 15) is 5.11 Å². The van der Waals surface area contributed by atoms with Crippen LogP contribution >= 0.6 is 0 Å². The van der Waals surface area contributed by atoms with Crippen molar-refractivity contribution in [1.29, 1.82) is 0 Å². The van der Waals surface area contributed by atoms with E-state index in [0.717, 1.165) is 36.5 Å². The first-order valence-electron chi connectivity index (χ1n) is 8.19. The predicted octanol–water partition coefficient (Wildman–Crippen LogP) is 2.33. The summed E-state index contributed by atoms with van der Waals surface area (Å²) < 4.78 is 10.7. The maximum atomic E-state index is 10.3. The summed E-state index contributed by atoms with van der Waals surface area (Å²) in [5, 5.41) is 17.6. The molecule has 0 saturated carbocycles. The molecule has 1 aliphatic rings. The number of rotatable bonds is 7. The third kappa shape index (κ3) is 3.83. The zero-order valence-electron chi connectivity index (χ0n) is 13.8. The Morgan fingerprint density at radius 3 is 3.09 bits per heavy atom. The number of ether oxygens (including phenoxy) is 1. The van der Waals surface area contributed by atoms with E-state index < -0.39 is 6.10 Å². The van der Waals surface area contributed by atoms with E-state index in [0.29, 0.717) is 25.8 Å². The fourth-order valence-electron chi connectivity index (χ4n) is 3.44. The van der Waals surface area contributed by atoms with Crippen LogP contribution in [0.5, 0.6) is 0 Å². The molecule has 0 aliphatic carbocycles. The molecule has 2 N–H and O–H groups in total. The molecule has 3 rings (SSSR count). The minimum Gasteiger partial charge on any atom is -0.467 e. The van der Waals surface area contributed by atoms with Crippen LogP contribution in [0.15, 0.2) is 22.8 Å². The van der Waals surface area contributed by atoms with Crippen LogP contribution in [0.2, 0.25) is 0 Å². The lowest BCUT2D eigenvalue weighted by Gasteiger charge is -2.27. The summed E-state index contributed by atoms with van der Waals surface area (Å²) in [4.78, 5) is 2.34. The molecule has 6 nitrogen and oxygen atoms in total. The van der Waals surface area contributed by atoms with E-state index in [1.165, 1.54) is 5.56 Å². The van der Waals surface area contributed by atoms with Gasteiger partial charge in [-0.25, -0.2) is 0 Å². The first-order valence-corrected chi connectivity index (χ1v) is 8.19. The van der Waals surface area contributed by atoms with Crippen molar-refractivity contribution < 1.29 is 14.3 Å². The van der Waals surface area contributed by atoms with Crippen molar-refractivity contribution in [2.24, 2.45) is 0 Å². The Labute approximate surface area is 136 Å². The second-order valence-corrected chi connectivity index (χ2v) is 6.25. The van der Waals surface area contributed by atoms with Gasteiger partial charge < -0.3 is 14.3 Å². The highest BCUT2D eigenvalue weighted by molar-refractivity contribution is 5.28. The highest BCUT2D eigenvalue weighted by Crippen LogP contribution is 2.34. The van der Waals surface area contributed by atoms with E-state index in [1.54, 1.807) is 6.26 Å². The van der Waals surface area contributed by atoms with Gasteiger partial charge in [0.05, 0.1) is 24.7 Å². The number of nitrogens with one attached hydrogen (secondary N) is 1. The van der Waals surface area contributed by atoms with Crippen LogP contribution in [-0.4, -0.2) is 46.0 Å². The minimum absolute atomic E-state index is 0.313. The Morgan fingerprint density at radius 2 is 2.39 bits per heavy atom. The van der Waals surface area contributed by atoms with E-state index in [-0.39, 0.29) is 0 Å². The molecule has 0 aromatic carbocycles. The summed E-state index contributed by atoms with van der Waals surface area (Å²) in [6.07, 6.45) is 3.38. The molecule has 126 valence electrons. The summed E-state index contributed by atoms with van der Waals surface area (Å²) in [5.41, 5.74) is 3.47. The number of aliphatic hydroxyl groups is 1. The topological polar surface area (TPSA) is 74.5 Å². The van der Waals surface area contributed by atoms with Gasteiger partial charge in [0.2, 0.25) is 0 Å². The fraction of sp³-hybridized carbons (Fsp3) is 0.588. The first-order chi connectivity index (χ1) is 11.1. The van der Waals surface area contributed by atoms with Crippen molar-refractivity contribution in [3.8, 4) is 0 Å². The van der Waals surface area contributed by atoms with Gasteiger partial charge in [0.1, 0.15) is 12.4 Å². The summed E-state index contributed by atoms with van der Waals surface area (Å²) in [6, 6.07) is 4.04. The Morgan fingerprint density at radius 1 is 1.52 bits per heavy atom. The van der Waals surface area contributed by atoms with Gasteiger partial charge in [-0.2, -0.15) is 5.10 Å².